The van der Waals surface area contributed by atoms with Gasteiger partial charge in [-0.05, 0) is 29.7 Å². The zero-order chi connectivity index (χ0) is 11.1. The molecular weight excluding hydrogens is 202 g/mol. The Balaban J connectivity index is 2.53. The molecule has 0 spiro atoms. The van der Waals surface area contributed by atoms with Crippen LogP contribution in [0.25, 0.3) is 22.2 Å². The van der Waals surface area contributed by atoms with Crippen LogP contribution in [-0.2, 0) is 0 Å². The minimum Gasteiger partial charge on any atom is -0.504 e. The maximum atomic E-state index is 11.7. The van der Waals surface area contributed by atoms with E-state index in [2.05, 4.69) is 4.98 Å². The molecule has 16 heavy (non-hydrogen) atoms. The lowest BCUT2D eigenvalue weighted by atomic mass is 10.1. The van der Waals surface area contributed by atoms with Gasteiger partial charge in [-0.25, -0.2) is 0 Å². The Bertz CT molecular complexity index is 700. The third-order valence-electron chi connectivity index (χ3n) is 2.71. The molecule has 2 N–H and O–H groups in total. The van der Waals surface area contributed by atoms with Gasteiger partial charge in [-0.15, -0.1) is 0 Å². The van der Waals surface area contributed by atoms with Crippen molar-refractivity contribution < 1.29 is 5.11 Å². The average molecular weight is 211 g/mol. The second kappa shape index (κ2) is 3.10. The van der Waals surface area contributed by atoms with E-state index in [0.717, 1.165) is 16.6 Å². The highest BCUT2D eigenvalue weighted by Gasteiger charge is 2.10. The Hall–Kier alpha value is -2.29. The molecule has 0 saturated heterocycles. The smallest absolute Gasteiger partial charge is 0.229 e. The number of aromatic nitrogens is 1. The van der Waals surface area contributed by atoms with Crippen molar-refractivity contribution in [3.05, 3.63) is 52.7 Å². The predicted octanol–water partition coefficient (Wildman–Crippen LogP) is 2.34. The van der Waals surface area contributed by atoms with E-state index in [-0.39, 0.29) is 11.2 Å². The van der Waals surface area contributed by atoms with Gasteiger partial charge in [0, 0.05) is 11.1 Å². The van der Waals surface area contributed by atoms with Crippen molar-refractivity contribution in [3.63, 3.8) is 0 Å². The molecule has 1 aromatic carbocycles. The van der Waals surface area contributed by atoms with Crippen molar-refractivity contribution in [3.8, 4) is 17.0 Å². The lowest BCUT2D eigenvalue weighted by Gasteiger charge is -2.07. The number of aromatic amines is 1. The number of benzene rings is 2. The highest BCUT2D eigenvalue weighted by Crippen LogP contribution is 2.23. The number of hydrogen-bond donors (Lipinski definition) is 2. The number of para-hydroxylation sites is 1. The Labute approximate surface area is 91.3 Å². The molecule has 0 radical (unpaired) electrons. The van der Waals surface area contributed by atoms with Crippen LogP contribution in [0.1, 0.15) is 0 Å². The number of rotatable bonds is 0. The van der Waals surface area contributed by atoms with E-state index in [4.69, 9.17) is 0 Å². The van der Waals surface area contributed by atoms with Crippen LogP contribution in [-0.4, -0.2) is 10.1 Å². The second-order valence-corrected chi connectivity index (χ2v) is 3.73. The van der Waals surface area contributed by atoms with Crippen LogP contribution in [0, 0.1) is 0 Å². The summed E-state index contributed by atoms with van der Waals surface area (Å²) in [6.45, 7) is 0. The average Bonchev–Trinajstić information content (AvgIpc) is 2.32. The topological polar surface area (TPSA) is 53.1 Å². The van der Waals surface area contributed by atoms with E-state index in [1.54, 1.807) is 12.1 Å². The standard InChI is InChI=1S/C13H9NO2/c15-12-6-5-11-9(13(12)16)7-8-3-1-2-4-10(8)14-11/h1-7,14-15H. The first kappa shape index (κ1) is 8.97. The van der Waals surface area contributed by atoms with Crippen LogP contribution >= 0.6 is 0 Å². The van der Waals surface area contributed by atoms with E-state index in [1.165, 1.54) is 6.07 Å². The number of fused-ring (bicyclic) bond motifs is 2. The summed E-state index contributed by atoms with van der Waals surface area (Å²) in [5.74, 6) is -0.212. The molecule has 1 aromatic rings. The number of nitrogens with one attached hydrogen (secondary N) is 1. The van der Waals surface area contributed by atoms with Crippen molar-refractivity contribution >= 4 is 10.9 Å². The summed E-state index contributed by atoms with van der Waals surface area (Å²) < 4.78 is 0. The third-order valence-corrected chi connectivity index (χ3v) is 2.71. The lowest BCUT2D eigenvalue weighted by molar-refractivity contribution is 0.470. The normalized spacial score (nSPS) is 11.0. The zero-order valence-electron chi connectivity index (χ0n) is 8.40. The van der Waals surface area contributed by atoms with Crippen molar-refractivity contribution in [2.45, 2.75) is 0 Å². The fourth-order valence-corrected chi connectivity index (χ4v) is 1.88. The van der Waals surface area contributed by atoms with Crippen LogP contribution in [0.4, 0.5) is 0 Å². The van der Waals surface area contributed by atoms with Gasteiger partial charge in [0.05, 0.1) is 5.69 Å². The minimum atomic E-state index is -0.334. The molecule has 0 saturated carbocycles. The quantitative estimate of drug-likeness (QED) is 0.561. The van der Waals surface area contributed by atoms with E-state index >= 15 is 0 Å². The van der Waals surface area contributed by atoms with Crippen LogP contribution in [0.15, 0.2) is 47.3 Å². The fourth-order valence-electron chi connectivity index (χ4n) is 1.88. The van der Waals surface area contributed by atoms with Crippen LogP contribution < -0.4 is 5.43 Å². The first-order chi connectivity index (χ1) is 7.75. The molecule has 0 aromatic heterocycles. The molecule has 3 nitrogen and oxygen atoms in total. The molecule has 3 heteroatoms. The van der Waals surface area contributed by atoms with Gasteiger partial charge in [0.1, 0.15) is 0 Å². The molecule has 0 bridgehead atoms. The molecule has 0 fully saturated rings. The number of hydrogen-bond acceptors (Lipinski definition) is 2. The Morgan fingerprint density at radius 3 is 2.75 bits per heavy atom. The largest absolute Gasteiger partial charge is 0.504 e. The molecular formula is C13H9NO2. The molecule has 0 atom stereocenters. The molecule has 1 heterocycles. The summed E-state index contributed by atoms with van der Waals surface area (Å²) in [7, 11) is 0. The van der Waals surface area contributed by atoms with Gasteiger partial charge in [-0.3, -0.25) is 4.79 Å². The van der Waals surface area contributed by atoms with Crippen molar-refractivity contribution in [2.24, 2.45) is 0 Å². The molecule has 0 amide bonds. The number of pyridine rings is 1. The molecule has 0 unspecified atom stereocenters. The van der Waals surface area contributed by atoms with Gasteiger partial charge >= 0.3 is 0 Å². The Morgan fingerprint density at radius 2 is 1.88 bits per heavy atom. The van der Waals surface area contributed by atoms with Gasteiger partial charge in [0.25, 0.3) is 0 Å². The first-order valence-corrected chi connectivity index (χ1v) is 4.99. The molecule has 1 aliphatic heterocycles. The monoisotopic (exact) mass is 211 g/mol. The molecule has 3 rings (SSSR count). The van der Waals surface area contributed by atoms with Crippen LogP contribution in [0.2, 0.25) is 0 Å². The SMILES string of the molecule is O=c1c(O)ccc2[nH]c3ccccc3cc1-2. The summed E-state index contributed by atoms with van der Waals surface area (Å²) in [6, 6.07) is 12.6. The van der Waals surface area contributed by atoms with Gasteiger partial charge in [0.15, 0.2) is 5.75 Å². The predicted molar refractivity (Wildman–Crippen MR) is 62.9 cm³/mol. The van der Waals surface area contributed by atoms with Gasteiger partial charge in [0.2, 0.25) is 5.43 Å². The Morgan fingerprint density at radius 1 is 1.06 bits per heavy atom. The first-order valence-electron chi connectivity index (χ1n) is 4.99. The molecule has 78 valence electrons. The molecule has 1 aliphatic carbocycles. The van der Waals surface area contributed by atoms with E-state index in [9.17, 15) is 9.90 Å². The summed E-state index contributed by atoms with van der Waals surface area (Å²) >= 11 is 0. The lowest BCUT2D eigenvalue weighted by Crippen LogP contribution is -2.06. The number of phenolic OH excluding ortho intramolecular Hbond substituents is 1. The van der Waals surface area contributed by atoms with Gasteiger partial charge in [-0.2, -0.15) is 0 Å². The van der Waals surface area contributed by atoms with Crippen LogP contribution in [0.5, 0.6) is 5.75 Å². The van der Waals surface area contributed by atoms with E-state index in [0.29, 0.717) is 5.56 Å². The number of phenols is 1. The maximum Gasteiger partial charge on any atom is 0.229 e. The highest BCUT2D eigenvalue weighted by molar-refractivity contribution is 5.85. The summed E-state index contributed by atoms with van der Waals surface area (Å²) in [5, 5.41) is 10.3. The number of aromatic hydroxyl groups is 1. The van der Waals surface area contributed by atoms with Gasteiger partial charge < -0.3 is 10.1 Å². The van der Waals surface area contributed by atoms with Crippen LogP contribution in [0.3, 0.4) is 0 Å². The van der Waals surface area contributed by atoms with Crippen molar-refractivity contribution in [1.82, 2.24) is 4.98 Å². The highest BCUT2D eigenvalue weighted by atomic mass is 16.3. The molecule has 2 aliphatic rings. The maximum absolute atomic E-state index is 11.7. The summed E-state index contributed by atoms with van der Waals surface area (Å²) in [6.07, 6.45) is 0. The van der Waals surface area contributed by atoms with Crippen molar-refractivity contribution in [1.29, 1.82) is 0 Å². The zero-order valence-corrected chi connectivity index (χ0v) is 8.40. The van der Waals surface area contributed by atoms with E-state index in [1.807, 2.05) is 24.3 Å². The van der Waals surface area contributed by atoms with Gasteiger partial charge in [-0.1, -0.05) is 18.2 Å². The summed E-state index contributed by atoms with van der Waals surface area (Å²) in [5.41, 5.74) is 1.89. The van der Waals surface area contributed by atoms with Crippen molar-refractivity contribution in [2.75, 3.05) is 0 Å². The minimum absolute atomic E-state index is 0.212. The number of H-pyrrole nitrogens is 1. The van der Waals surface area contributed by atoms with E-state index < -0.39 is 0 Å². The Kier molecular flexibility index (Phi) is 1.74. The summed E-state index contributed by atoms with van der Waals surface area (Å²) in [4.78, 5) is 14.9. The third kappa shape index (κ3) is 1.18. The second-order valence-electron chi connectivity index (χ2n) is 3.73. The fraction of sp³-hybridized carbons (Fsp3) is 0.